The van der Waals surface area contributed by atoms with Crippen molar-refractivity contribution in [2.45, 2.75) is 25.4 Å². The van der Waals surface area contributed by atoms with Gasteiger partial charge in [0.05, 0.1) is 0 Å². The molecule has 2 unspecified atom stereocenters. The van der Waals surface area contributed by atoms with Gasteiger partial charge in [0.15, 0.2) is 0 Å². The van der Waals surface area contributed by atoms with E-state index in [9.17, 15) is 4.79 Å². The second-order valence-corrected chi connectivity index (χ2v) is 3.10. The zero-order valence-corrected chi connectivity index (χ0v) is 7.32. The maximum Gasteiger partial charge on any atom is 0.246 e. The van der Waals surface area contributed by atoms with Gasteiger partial charge in [-0.25, -0.2) is 0 Å². The number of ether oxygens (including phenoxy) is 1. The highest BCUT2D eigenvalue weighted by molar-refractivity contribution is 5.79. The van der Waals surface area contributed by atoms with Gasteiger partial charge in [-0.3, -0.25) is 4.79 Å². The minimum absolute atomic E-state index is 0.275. The molecule has 12 heavy (non-hydrogen) atoms. The number of hydrogen-bond acceptors (Lipinski definition) is 2. The first-order valence-corrected chi connectivity index (χ1v) is 4.23. The minimum atomic E-state index is -0.407. The molecule has 0 saturated heterocycles. The number of methoxy groups -OCH3 is 1. The van der Waals surface area contributed by atoms with Crippen molar-refractivity contribution >= 4 is 5.91 Å². The van der Waals surface area contributed by atoms with Gasteiger partial charge >= 0.3 is 0 Å². The highest BCUT2D eigenvalue weighted by Gasteiger charge is 2.25. The van der Waals surface area contributed by atoms with Gasteiger partial charge in [-0.1, -0.05) is 12.2 Å². The summed E-state index contributed by atoms with van der Waals surface area (Å²) < 4.78 is 5.04. The van der Waals surface area contributed by atoms with Crippen molar-refractivity contribution in [3.63, 3.8) is 0 Å². The van der Waals surface area contributed by atoms with Crippen LogP contribution in [0, 0.1) is 5.92 Å². The van der Waals surface area contributed by atoms with Gasteiger partial charge in [0.1, 0.15) is 6.10 Å². The maximum absolute atomic E-state index is 10.9. The summed E-state index contributed by atoms with van der Waals surface area (Å²) in [4.78, 5) is 10.9. The molecule has 68 valence electrons. The average molecular weight is 169 g/mol. The van der Waals surface area contributed by atoms with Gasteiger partial charge < -0.3 is 10.5 Å². The number of carbonyl (C=O) groups is 1. The van der Waals surface area contributed by atoms with Crippen molar-refractivity contribution in [1.82, 2.24) is 0 Å². The van der Waals surface area contributed by atoms with Gasteiger partial charge in [-0.15, -0.1) is 0 Å². The molecule has 0 radical (unpaired) electrons. The van der Waals surface area contributed by atoms with E-state index in [1.165, 1.54) is 7.11 Å². The molecule has 0 heterocycles. The van der Waals surface area contributed by atoms with E-state index in [2.05, 4.69) is 12.2 Å². The Kier molecular flexibility index (Phi) is 3.29. The van der Waals surface area contributed by atoms with Crippen LogP contribution < -0.4 is 5.73 Å². The Bertz CT molecular complexity index is 189. The van der Waals surface area contributed by atoms with Crippen LogP contribution in [0.4, 0.5) is 0 Å². The highest BCUT2D eigenvalue weighted by Crippen LogP contribution is 2.22. The molecular weight excluding hydrogens is 154 g/mol. The summed E-state index contributed by atoms with van der Waals surface area (Å²) in [7, 11) is 1.54. The lowest BCUT2D eigenvalue weighted by Gasteiger charge is -2.23. The SMILES string of the molecule is COC(C(N)=O)C1CC=CCC1. The fourth-order valence-corrected chi connectivity index (χ4v) is 1.63. The van der Waals surface area contributed by atoms with Crippen molar-refractivity contribution in [2.24, 2.45) is 11.7 Å². The van der Waals surface area contributed by atoms with E-state index in [0.717, 1.165) is 19.3 Å². The number of allylic oxidation sites excluding steroid dienone is 2. The third kappa shape index (κ3) is 2.08. The van der Waals surface area contributed by atoms with Gasteiger partial charge in [0.25, 0.3) is 0 Å². The van der Waals surface area contributed by atoms with E-state index in [1.54, 1.807) is 0 Å². The molecule has 2 atom stereocenters. The summed E-state index contributed by atoms with van der Waals surface area (Å²) in [6, 6.07) is 0. The van der Waals surface area contributed by atoms with Crippen LogP contribution in [0.25, 0.3) is 0 Å². The monoisotopic (exact) mass is 169 g/mol. The van der Waals surface area contributed by atoms with Crippen molar-refractivity contribution in [3.05, 3.63) is 12.2 Å². The lowest BCUT2D eigenvalue weighted by molar-refractivity contribution is -0.131. The second kappa shape index (κ2) is 4.26. The fraction of sp³-hybridized carbons (Fsp3) is 0.667. The zero-order valence-electron chi connectivity index (χ0n) is 7.32. The minimum Gasteiger partial charge on any atom is -0.371 e. The molecule has 0 aliphatic heterocycles. The van der Waals surface area contributed by atoms with E-state index in [4.69, 9.17) is 10.5 Å². The second-order valence-electron chi connectivity index (χ2n) is 3.10. The highest BCUT2D eigenvalue weighted by atomic mass is 16.5. The van der Waals surface area contributed by atoms with E-state index >= 15 is 0 Å². The molecule has 3 heteroatoms. The molecule has 1 aliphatic carbocycles. The van der Waals surface area contributed by atoms with Crippen LogP contribution in [0.1, 0.15) is 19.3 Å². The first-order valence-electron chi connectivity index (χ1n) is 4.23. The van der Waals surface area contributed by atoms with Gasteiger partial charge in [-0.05, 0) is 25.2 Å². The van der Waals surface area contributed by atoms with Crippen LogP contribution in [0.5, 0.6) is 0 Å². The van der Waals surface area contributed by atoms with Crippen LogP contribution >= 0.6 is 0 Å². The molecule has 1 amide bonds. The van der Waals surface area contributed by atoms with Crippen LogP contribution in [-0.4, -0.2) is 19.1 Å². The predicted octanol–water partition coefficient (Wildman–Crippen LogP) is 0.843. The summed E-state index contributed by atoms with van der Waals surface area (Å²) in [6.45, 7) is 0. The van der Waals surface area contributed by atoms with Gasteiger partial charge in [0, 0.05) is 7.11 Å². The number of rotatable bonds is 3. The molecule has 1 aliphatic rings. The summed E-state index contributed by atoms with van der Waals surface area (Å²) >= 11 is 0. The van der Waals surface area contributed by atoms with Crippen molar-refractivity contribution in [2.75, 3.05) is 7.11 Å². The number of carbonyl (C=O) groups excluding carboxylic acids is 1. The predicted molar refractivity (Wildman–Crippen MR) is 46.5 cm³/mol. The average Bonchev–Trinajstić information content (AvgIpc) is 2.07. The summed E-state index contributed by atoms with van der Waals surface area (Å²) in [5.74, 6) is -0.0738. The van der Waals surface area contributed by atoms with Crippen LogP contribution in [0.3, 0.4) is 0 Å². The van der Waals surface area contributed by atoms with Crippen molar-refractivity contribution < 1.29 is 9.53 Å². The molecule has 2 N–H and O–H groups in total. The molecule has 0 aromatic carbocycles. The first kappa shape index (κ1) is 9.26. The van der Waals surface area contributed by atoms with E-state index < -0.39 is 6.10 Å². The lowest BCUT2D eigenvalue weighted by Crippen LogP contribution is -2.37. The lowest BCUT2D eigenvalue weighted by atomic mass is 9.89. The van der Waals surface area contributed by atoms with E-state index in [-0.39, 0.29) is 11.8 Å². The Labute approximate surface area is 72.6 Å². The normalized spacial score (nSPS) is 25.2. The van der Waals surface area contributed by atoms with E-state index in [1.807, 2.05) is 0 Å². The Hall–Kier alpha value is -0.830. The molecule has 1 rings (SSSR count). The third-order valence-corrected chi connectivity index (χ3v) is 2.27. The van der Waals surface area contributed by atoms with E-state index in [0.29, 0.717) is 0 Å². The Morgan fingerprint density at radius 1 is 1.67 bits per heavy atom. The molecule has 0 spiro atoms. The summed E-state index contributed by atoms with van der Waals surface area (Å²) in [6.07, 6.45) is 6.74. The number of nitrogens with two attached hydrogens (primary N) is 1. The van der Waals surface area contributed by atoms with Gasteiger partial charge in [-0.2, -0.15) is 0 Å². The fourth-order valence-electron chi connectivity index (χ4n) is 1.63. The van der Waals surface area contributed by atoms with Crippen molar-refractivity contribution in [3.8, 4) is 0 Å². The summed E-state index contributed by atoms with van der Waals surface area (Å²) in [5.41, 5.74) is 5.19. The standard InChI is InChI=1S/C9H15NO2/c1-12-8(9(10)11)7-5-3-2-4-6-7/h2-3,7-8H,4-6H2,1H3,(H2,10,11). The topological polar surface area (TPSA) is 52.3 Å². The quantitative estimate of drug-likeness (QED) is 0.636. The molecule has 0 aromatic heterocycles. The van der Waals surface area contributed by atoms with Crippen LogP contribution in [0.15, 0.2) is 12.2 Å². The molecule has 0 aromatic rings. The third-order valence-electron chi connectivity index (χ3n) is 2.27. The summed E-state index contributed by atoms with van der Waals surface area (Å²) in [5, 5.41) is 0. The number of hydrogen-bond donors (Lipinski definition) is 1. The Morgan fingerprint density at radius 3 is 2.83 bits per heavy atom. The molecule has 0 saturated carbocycles. The zero-order chi connectivity index (χ0) is 8.97. The molecular formula is C9H15NO2. The van der Waals surface area contributed by atoms with Crippen molar-refractivity contribution in [1.29, 1.82) is 0 Å². The molecule has 0 fully saturated rings. The maximum atomic E-state index is 10.9. The number of primary amides is 1. The number of amides is 1. The Morgan fingerprint density at radius 2 is 2.42 bits per heavy atom. The van der Waals surface area contributed by atoms with Gasteiger partial charge in [0.2, 0.25) is 5.91 Å². The Balaban J connectivity index is 2.53. The van der Waals surface area contributed by atoms with Crippen LogP contribution in [0.2, 0.25) is 0 Å². The largest absolute Gasteiger partial charge is 0.371 e. The van der Waals surface area contributed by atoms with Crippen LogP contribution in [-0.2, 0) is 9.53 Å². The molecule has 0 bridgehead atoms. The molecule has 3 nitrogen and oxygen atoms in total. The smallest absolute Gasteiger partial charge is 0.246 e. The first-order chi connectivity index (χ1) is 5.75.